The van der Waals surface area contributed by atoms with E-state index in [-0.39, 0.29) is 5.92 Å². The molecule has 31 heavy (non-hydrogen) atoms. The Hall–Kier alpha value is -2.83. The highest BCUT2D eigenvalue weighted by Gasteiger charge is 2.42. The number of nitrogens with zero attached hydrogens (tertiary/aromatic N) is 3. The van der Waals surface area contributed by atoms with Crippen molar-refractivity contribution in [1.29, 1.82) is 0 Å². The Kier molecular flexibility index (Phi) is 7.87. The van der Waals surface area contributed by atoms with Crippen molar-refractivity contribution >= 4 is 17.9 Å². The number of aryl methyl sites for hydroxylation is 1. The average molecular weight is 449 g/mol. The fourth-order valence-corrected chi connectivity index (χ4v) is 3.24. The van der Waals surface area contributed by atoms with Crippen LogP contribution in [0.4, 0.5) is 18.0 Å². The third-order valence-electron chi connectivity index (χ3n) is 4.82. The van der Waals surface area contributed by atoms with Gasteiger partial charge in [-0.3, -0.25) is 14.3 Å². The van der Waals surface area contributed by atoms with E-state index in [2.05, 4.69) is 15.7 Å². The molecule has 2 N–H and O–H groups in total. The maximum absolute atomic E-state index is 13.3. The van der Waals surface area contributed by atoms with E-state index in [0.29, 0.717) is 26.1 Å². The largest absolute Gasteiger partial charge is 0.443 e. The predicted octanol–water partition coefficient (Wildman–Crippen LogP) is 0.777. The van der Waals surface area contributed by atoms with Gasteiger partial charge in [0.05, 0.1) is 5.56 Å². The van der Waals surface area contributed by atoms with E-state index in [4.69, 9.17) is 9.47 Å². The molecule has 0 aliphatic carbocycles. The van der Waals surface area contributed by atoms with Crippen LogP contribution in [0.25, 0.3) is 0 Å². The number of halogens is 3. The van der Waals surface area contributed by atoms with Crippen molar-refractivity contribution in [1.82, 2.24) is 25.3 Å². The first kappa shape index (κ1) is 24.4. The maximum Gasteiger partial charge on any atom is 0.435 e. The van der Waals surface area contributed by atoms with Crippen LogP contribution >= 0.6 is 0 Å². The molecule has 2 atom stereocenters. The molecule has 0 bridgehead atoms. The van der Waals surface area contributed by atoms with Gasteiger partial charge in [0, 0.05) is 53.5 Å². The molecule has 1 aliphatic heterocycles. The molecule has 0 spiro atoms. The minimum absolute atomic E-state index is 0.351. The minimum atomic E-state index is -4.87. The molecule has 0 saturated carbocycles. The maximum atomic E-state index is 13.3. The average Bonchev–Trinajstić information content (AvgIpc) is 3.12. The van der Waals surface area contributed by atoms with Gasteiger partial charge in [-0.1, -0.05) is 0 Å². The second-order valence-corrected chi connectivity index (χ2v) is 7.32. The summed E-state index contributed by atoms with van der Waals surface area (Å²) in [7, 11) is 5.44. The molecule has 13 heteroatoms. The van der Waals surface area contributed by atoms with Crippen molar-refractivity contribution in [3.8, 4) is 0 Å². The van der Waals surface area contributed by atoms with Crippen molar-refractivity contribution in [2.24, 2.45) is 13.0 Å². The lowest BCUT2D eigenvalue weighted by atomic mass is 9.88. The first-order valence-electron chi connectivity index (χ1n) is 9.54. The van der Waals surface area contributed by atoms with Gasteiger partial charge in [-0.15, -0.1) is 0 Å². The van der Waals surface area contributed by atoms with Crippen LogP contribution in [0.3, 0.4) is 0 Å². The summed E-state index contributed by atoms with van der Waals surface area (Å²) in [6.45, 7) is 0.714. The smallest absolute Gasteiger partial charge is 0.435 e. The fraction of sp³-hybridized carbons (Fsp3) is 0.667. The molecule has 1 aromatic rings. The van der Waals surface area contributed by atoms with Crippen LogP contribution in [0, 0.1) is 5.92 Å². The van der Waals surface area contributed by atoms with E-state index in [1.807, 2.05) is 0 Å². The number of carbonyl (C=O) groups excluding carboxylic acids is 3. The molecule has 174 valence electrons. The summed E-state index contributed by atoms with van der Waals surface area (Å²) < 4.78 is 51.5. The molecule has 1 saturated heterocycles. The summed E-state index contributed by atoms with van der Waals surface area (Å²) in [5, 5.41) is 7.98. The van der Waals surface area contributed by atoms with Gasteiger partial charge < -0.3 is 25.0 Å². The number of likely N-dealkylation sites (N-methyl/N-ethyl adjacent to an activating group) is 1. The van der Waals surface area contributed by atoms with Gasteiger partial charge in [-0.2, -0.15) is 18.3 Å². The Bertz CT molecular complexity index is 805. The van der Waals surface area contributed by atoms with Crippen LogP contribution in [-0.4, -0.2) is 79.1 Å². The molecule has 2 rings (SSSR count). The number of hydrogen-bond acceptors (Lipinski definition) is 6. The summed E-state index contributed by atoms with van der Waals surface area (Å²) in [4.78, 5) is 38.7. The van der Waals surface area contributed by atoms with Crippen molar-refractivity contribution in [3.63, 3.8) is 0 Å². The van der Waals surface area contributed by atoms with E-state index in [1.54, 1.807) is 0 Å². The van der Waals surface area contributed by atoms with Crippen molar-refractivity contribution in [2.75, 3.05) is 34.4 Å². The number of nitrogens with one attached hydrogen (secondary N) is 2. The molecule has 2 unspecified atom stereocenters. The lowest BCUT2D eigenvalue weighted by molar-refractivity contribution is -0.141. The lowest BCUT2D eigenvalue weighted by Crippen LogP contribution is -2.57. The molecular weight excluding hydrogens is 423 g/mol. The standard InChI is InChI=1S/C18H26F3N5O5/c1-22-16(28)12(13(31-17(29)25(2)3)10-5-7-30-8-6-10)23-15(27)11-9-26(4)24-14(11)18(19,20)21/h9-10,12-13H,5-8H2,1-4H3,(H,22,28)(H,23,27). The number of aromatic nitrogens is 2. The number of alkyl halides is 3. The molecule has 1 fully saturated rings. The van der Waals surface area contributed by atoms with Gasteiger partial charge in [0.25, 0.3) is 5.91 Å². The summed E-state index contributed by atoms with van der Waals surface area (Å²) in [6.07, 6.45) is -4.95. The zero-order chi connectivity index (χ0) is 23.3. The lowest BCUT2D eigenvalue weighted by Gasteiger charge is -2.35. The van der Waals surface area contributed by atoms with Crippen molar-refractivity contribution in [3.05, 3.63) is 17.5 Å². The SMILES string of the molecule is CNC(=O)C(NC(=O)c1cn(C)nc1C(F)(F)F)C(OC(=O)N(C)C)C1CCOCC1. The number of amides is 3. The first-order valence-corrected chi connectivity index (χ1v) is 9.54. The van der Waals surface area contributed by atoms with Crippen LogP contribution < -0.4 is 10.6 Å². The molecule has 0 radical (unpaired) electrons. The number of ether oxygens (including phenoxy) is 2. The van der Waals surface area contributed by atoms with Gasteiger partial charge in [0.2, 0.25) is 5.91 Å². The third-order valence-corrected chi connectivity index (χ3v) is 4.82. The summed E-state index contributed by atoms with van der Waals surface area (Å²) in [6, 6.07) is -1.43. The second-order valence-electron chi connectivity index (χ2n) is 7.32. The zero-order valence-electron chi connectivity index (χ0n) is 17.7. The molecule has 2 heterocycles. The molecule has 1 aliphatic rings. The predicted molar refractivity (Wildman–Crippen MR) is 101 cm³/mol. The Balaban J connectivity index is 2.38. The van der Waals surface area contributed by atoms with Crippen molar-refractivity contribution < 1.29 is 37.0 Å². The fourth-order valence-electron chi connectivity index (χ4n) is 3.24. The summed E-state index contributed by atoms with van der Waals surface area (Å²) in [5.74, 6) is -2.22. The minimum Gasteiger partial charge on any atom is -0.443 e. The van der Waals surface area contributed by atoms with Crippen LogP contribution in [-0.2, 0) is 27.5 Å². The van der Waals surface area contributed by atoms with Crippen molar-refractivity contribution in [2.45, 2.75) is 31.2 Å². The van der Waals surface area contributed by atoms with Gasteiger partial charge in [0.15, 0.2) is 5.69 Å². The molecule has 0 aromatic carbocycles. The molecule has 1 aromatic heterocycles. The number of carbonyl (C=O) groups is 3. The van der Waals surface area contributed by atoms with E-state index < -0.39 is 47.5 Å². The Morgan fingerprint density at radius 2 is 1.90 bits per heavy atom. The topological polar surface area (TPSA) is 115 Å². The normalized spacial score (nSPS) is 16.9. The highest BCUT2D eigenvalue weighted by atomic mass is 19.4. The van der Waals surface area contributed by atoms with Crippen LogP contribution in [0.15, 0.2) is 6.20 Å². The quantitative estimate of drug-likeness (QED) is 0.663. The van der Waals surface area contributed by atoms with E-state index >= 15 is 0 Å². The van der Waals surface area contributed by atoms with E-state index in [9.17, 15) is 27.6 Å². The first-order chi connectivity index (χ1) is 14.5. The van der Waals surface area contributed by atoms with Gasteiger partial charge in [0.1, 0.15) is 12.1 Å². The van der Waals surface area contributed by atoms with E-state index in [0.717, 1.165) is 15.8 Å². The van der Waals surface area contributed by atoms with Gasteiger partial charge in [-0.25, -0.2) is 4.79 Å². The van der Waals surface area contributed by atoms with Crippen LogP contribution in [0.2, 0.25) is 0 Å². The highest BCUT2D eigenvalue weighted by molar-refractivity contribution is 5.98. The zero-order valence-corrected chi connectivity index (χ0v) is 17.7. The van der Waals surface area contributed by atoms with Crippen LogP contribution in [0.5, 0.6) is 0 Å². The monoisotopic (exact) mass is 449 g/mol. The Morgan fingerprint density at radius 3 is 2.42 bits per heavy atom. The van der Waals surface area contributed by atoms with Gasteiger partial charge >= 0.3 is 12.3 Å². The molecule has 10 nitrogen and oxygen atoms in total. The Morgan fingerprint density at radius 1 is 1.29 bits per heavy atom. The number of hydrogen-bond donors (Lipinski definition) is 2. The third kappa shape index (κ3) is 6.09. The summed E-state index contributed by atoms with van der Waals surface area (Å²) >= 11 is 0. The molecular formula is C18H26F3N5O5. The van der Waals surface area contributed by atoms with Gasteiger partial charge in [-0.05, 0) is 12.8 Å². The Labute approximate surface area is 177 Å². The van der Waals surface area contributed by atoms with E-state index in [1.165, 1.54) is 28.2 Å². The highest BCUT2D eigenvalue weighted by Crippen LogP contribution is 2.31. The summed E-state index contributed by atoms with van der Waals surface area (Å²) in [5.41, 5.74) is -2.12. The number of rotatable bonds is 6. The molecule has 3 amide bonds. The second kappa shape index (κ2) is 9.98. The van der Waals surface area contributed by atoms with Crippen LogP contribution in [0.1, 0.15) is 28.9 Å².